The van der Waals surface area contributed by atoms with Crippen LogP contribution in [0.25, 0.3) is 0 Å². The number of aryl methyl sites for hydroxylation is 1. The molecule has 1 atom stereocenters. The summed E-state index contributed by atoms with van der Waals surface area (Å²) in [5, 5.41) is 2.89. The summed E-state index contributed by atoms with van der Waals surface area (Å²) < 4.78 is 32.3. The number of rotatable bonds is 8. The van der Waals surface area contributed by atoms with Crippen LogP contribution in [0.4, 0.5) is 0 Å². The van der Waals surface area contributed by atoms with Crippen molar-refractivity contribution in [2.75, 3.05) is 13.2 Å². The molecule has 6 nitrogen and oxygen atoms in total. The fourth-order valence-electron chi connectivity index (χ4n) is 2.70. The average Bonchev–Trinajstić information content (AvgIpc) is 3.21. The molecule has 1 amide bonds. The van der Waals surface area contributed by atoms with Gasteiger partial charge in [0, 0.05) is 25.6 Å². The van der Waals surface area contributed by atoms with Crippen LogP contribution in [-0.2, 0) is 26.0 Å². The zero-order valence-electron chi connectivity index (χ0n) is 13.7. The molecule has 1 aliphatic heterocycles. The Labute approximate surface area is 143 Å². The predicted octanol–water partition coefficient (Wildman–Crippen LogP) is 1.36. The zero-order valence-corrected chi connectivity index (χ0v) is 14.5. The quantitative estimate of drug-likeness (QED) is 0.740. The van der Waals surface area contributed by atoms with Crippen molar-refractivity contribution in [2.45, 2.75) is 55.6 Å². The van der Waals surface area contributed by atoms with Gasteiger partial charge in [-0.1, -0.05) is 12.1 Å². The SMILES string of the molecule is O=C(CCc1ccc(S(=O)(=O)NC2CC2)cc1)NC[C@@H]1CCCO1. The number of nitrogens with one attached hydrogen (secondary N) is 2. The van der Waals surface area contributed by atoms with Crippen LogP contribution >= 0.6 is 0 Å². The van der Waals surface area contributed by atoms with Crippen LogP contribution < -0.4 is 10.0 Å². The number of sulfonamides is 1. The minimum Gasteiger partial charge on any atom is -0.376 e. The number of hydrogen-bond acceptors (Lipinski definition) is 4. The van der Waals surface area contributed by atoms with Gasteiger partial charge in [0.15, 0.2) is 0 Å². The molecule has 0 radical (unpaired) electrons. The topological polar surface area (TPSA) is 84.5 Å². The second kappa shape index (κ2) is 7.63. The predicted molar refractivity (Wildman–Crippen MR) is 90.1 cm³/mol. The first-order valence-corrected chi connectivity index (χ1v) is 10.0. The molecule has 2 aliphatic rings. The summed E-state index contributed by atoms with van der Waals surface area (Å²) in [6.07, 6.45) is 5.03. The number of carbonyl (C=O) groups is 1. The normalized spacial score (nSPS) is 20.9. The van der Waals surface area contributed by atoms with Crippen LogP contribution in [-0.4, -0.2) is 39.6 Å². The van der Waals surface area contributed by atoms with E-state index in [1.165, 1.54) is 0 Å². The minimum atomic E-state index is -3.41. The second-order valence-corrected chi connectivity index (χ2v) is 8.19. The molecule has 132 valence electrons. The van der Waals surface area contributed by atoms with Gasteiger partial charge in [0.1, 0.15) is 0 Å². The molecule has 0 bridgehead atoms. The maximum Gasteiger partial charge on any atom is 0.240 e. The lowest BCUT2D eigenvalue weighted by Crippen LogP contribution is -2.31. The van der Waals surface area contributed by atoms with Crippen LogP contribution in [0.5, 0.6) is 0 Å². The highest BCUT2D eigenvalue weighted by atomic mass is 32.2. The molecule has 7 heteroatoms. The van der Waals surface area contributed by atoms with Crippen molar-refractivity contribution in [1.82, 2.24) is 10.0 Å². The number of hydrogen-bond donors (Lipinski definition) is 2. The van der Waals surface area contributed by atoms with Gasteiger partial charge in [0.2, 0.25) is 15.9 Å². The van der Waals surface area contributed by atoms with E-state index in [0.717, 1.165) is 37.9 Å². The lowest BCUT2D eigenvalue weighted by Gasteiger charge is -2.11. The third-order valence-corrected chi connectivity index (χ3v) is 5.86. The van der Waals surface area contributed by atoms with Gasteiger partial charge < -0.3 is 10.1 Å². The Morgan fingerprint density at radius 1 is 1.17 bits per heavy atom. The Morgan fingerprint density at radius 2 is 1.92 bits per heavy atom. The summed E-state index contributed by atoms with van der Waals surface area (Å²) in [5.74, 6) is -0.00222. The molecular formula is C17H24N2O4S. The summed E-state index contributed by atoms with van der Waals surface area (Å²) >= 11 is 0. The Bertz CT molecular complexity index is 662. The third kappa shape index (κ3) is 5.03. The average molecular weight is 352 g/mol. The summed E-state index contributed by atoms with van der Waals surface area (Å²) in [4.78, 5) is 12.1. The molecule has 3 rings (SSSR count). The van der Waals surface area contributed by atoms with Gasteiger partial charge in [-0.15, -0.1) is 0 Å². The largest absolute Gasteiger partial charge is 0.376 e. The lowest BCUT2D eigenvalue weighted by atomic mass is 10.1. The van der Waals surface area contributed by atoms with Gasteiger partial charge in [0.25, 0.3) is 0 Å². The van der Waals surface area contributed by atoms with Gasteiger partial charge in [0.05, 0.1) is 11.0 Å². The molecular weight excluding hydrogens is 328 g/mol. The van der Waals surface area contributed by atoms with Crippen LogP contribution in [0.15, 0.2) is 29.2 Å². The monoisotopic (exact) mass is 352 g/mol. The molecule has 2 fully saturated rings. The fourth-order valence-corrected chi connectivity index (χ4v) is 4.01. The summed E-state index contributed by atoms with van der Waals surface area (Å²) in [5.41, 5.74) is 0.952. The molecule has 1 saturated carbocycles. The van der Waals surface area contributed by atoms with Gasteiger partial charge in [-0.25, -0.2) is 13.1 Å². The number of benzene rings is 1. The number of carbonyl (C=O) groups excluding carboxylic acids is 1. The first-order valence-electron chi connectivity index (χ1n) is 8.52. The first-order chi connectivity index (χ1) is 11.5. The second-order valence-electron chi connectivity index (χ2n) is 6.48. The van der Waals surface area contributed by atoms with E-state index in [0.29, 0.717) is 19.4 Å². The maximum absolute atomic E-state index is 12.1. The van der Waals surface area contributed by atoms with E-state index in [1.807, 2.05) is 0 Å². The van der Waals surface area contributed by atoms with Gasteiger partial charge in [-0.05, 0) is 49.8 Å². The van der Waals surface area contributed by atoms with Crippen molar-refractivity contribution in [1.29, 1.82) is 0 Å². The lowest BCUT2D eigenvalue weighted by molar-refractivity contribution is -0.121. The van der Waals surface area contributed by atoms with Crippen LogP contribution in [0.2, 0.25) is 0 Å². The third-order valence-electron chi connectivity index (χ3n) is 4.32. The van der Waals surface area contributed by atoms with E-state index in [1.54, 1.807) is 24.3 Å². The molecule has 1 heterocycles. The summed E-state index contributed by atoms with van der Waals surface area (Å²) in [6.45, 7) is 1.36. The van der Waals surface area contributed by atoms with Crippen molar-refractivity contribution in [3.63, 3.8) is 0 Å². The molecule has 1 aromatic rings. The number of ether oxygens (including phenoxy) is 1. The van der Waals surface area contributed by atoms with Crippen molar-refractivity contribution >= 4 is 15.9 Å². The highest BCUT2D eigenvalue weighted by molar-refractivity contribution is 7.89. The van der Waals surface area contributed by atoms with E-state index in [2.05, 4.69) is 10.0 Å². The molecule has 24 heavy (non-hydrogen) atoms. The molecule has 0 aromatic heterocycles. The van der Waals surface area contributed by atoms with Crippen LogP contribution in [0.1, 0.15) is 37.7 Å². The highest BCUT2D eigenvalue weighted by Crippen LogP contribution is 2.22. The fraction of sp³-hybridized carbons (Fsp3) is 0.588. The first kappa shape index (κ1) is 17.4. The van der Waals surface area contributed by atoms with Gasteiger partial charge >= 0.3 is 0 Å². The van der Waals surface area contributed by atoms with E-state index >= 15 is 0 Å². The van der Waals surface area contributed by atoms with Crippen molar-refractivity contribution in [2.24, 2.45) is 0 Å². The molecule has 1 saturated heterocycles. The highest BCUT2D eigenvalue weighted by Gasteiger charge is 2.27. The van der Waals surface area contributed by atoms with Crippen molar-refractivity contribution in [3.05, 3.63) is 29.8 Å². The molecule has 0 unspecified atom stereocenters. The summed E-state index contributed by atoms with van der Waals surface area (Å²) in [6, 6.07) is 6.85. The molecule has 1 aromatic carbocycles. The maximum atomic E-state index is 12.1. The van der Waals surface area contributed by atoms with Gasteiger partial charge in [-0.2, -0.15) is 0 Å². The summed E-state index contributed by atoms with van der Waals surface area (Å²) in [7, 11) is -3.41. The van der Waals surface area contributed by atoms with Crippen LogP contribution in [0.3, 0.4) is 0 Å². The van der Waals surface area contributed by atoms with E-state index in [-0.39, 0.29) is 22.9 Å². The van der Waals surface area contributed by atoms with Crippen molar-refractivity contribution < 1.29 is 17.9 Å². The Morgan fingerprint density at radius 3 is 2.54 bits per heavy atom. The van der Waals surface area contributed by atoms with E-state index in [9.17, 15) is 13.2 Å². The van der Waals surface area contributed by atoms with E-state index in [4.69, 9.17) is 4.74 Å². The molecule has 1 aliphatic carbocycles. The Balaban J connectivity index is 1.44. The smallest absolute Gasteiger partial charge is 0.240 e. The van der Waals surface area contributed by atoms with Gasteiger partial charge in [-0.3, -0.25) is 4.79 Å². The standard InChI is InChI=1S/C17H24N2O4S/c20-17(18-12-15-2-1-11-23-15)10-5-13-3-8-16(9-4-13)24(21,22)19-14-6-7-14/h3-4,8-9,14-15,19H,1-2,5-7,10-12H2,(H,18,20)/t15-/m0/s1. The Kier molecular flexibility index (Phi) is 5.53. The zero-order chi connectivity index (χ0) is 17.0. The molecule has 2 N–H and O–H groups in total. The van der Waals surface area contributed by atoms with Crippen LogP contribution in [0, 0.1) is 0 Å². The van der Waals surface area contributed by atoms with E-state index < -0.39 is 10.0 Å². The van der Waals surface area contributed by atoms with Crippen molar-refractivity contribution in [3.8, 4) is 0 Å². The molecule has 0 spiro atoms. The Hall–Kier alpha value is -1.44. The minimum absolute atomic E-state index is 0.00222. The number of amides is 1.